The van der Waals surface area contributed by atoms with Gasteiger partial charge in [0.1, 0.15) is 5.82 Å². The quantitative estimate of drug-likeness (QED) is 0.832. The van der Waals surface area contributed by atoms with E-state index in [9.17, 15) is 14.0 Å². The number of hydrogen-bond acceptors (Lipinski definition) is 3. The average Bonchev–Trinajstić information content (AvgIpc) is 3.06. The van der Waals surface area contributed by atoms with Crippen molar-refractivity contribution in [1.82, 2.24) is 0 Å². The molecule has 1 aliphatic rings. The Morgan fingerprint density at radius 3 is 2.72 bits per heavy atom. The fourth-order valence-corrected chi connectivity index (χ4v) is 1.64. The predicted molar refractivity (Wildman–Crippen MR) is 63.3 cm³/mol. The van der Waals surface area contributed by atoms with Gasteiger partial charge in [-0.3, -0.25) is 9.59 Å². The van der Waals surface area contributed by atoms with Crippen LogP contribution >= 0.6 is 0 Å². The second-order valence-electron chi connectivity index (χ2n) is 4.46. The van der Waals surface area contributed by atoms with Crippen LogP contribution in [0.4, 0.5) is 10.1 Å². The number of para-hydroxylation sites is 1. The minimum Gasteiger partial charge on any atom is -0.455 e. The Labute approximate surface area is 104 Å². The molecule has 18 heavy (non-hydrogen) atoms. The largest absolute Gasteiger partial charge is 0.455 e. The number of amides is 1. The molecular formula is C13H14FNO3. The zero-order valence-corrected chi connectivity index (χ0v) is 9.98. The van der Waals surface area contributed by atoms with Crippen molar-refractivity contribution in [3.63, 3.8) is 0 Å². The van der Waals surface area contributed by atoms with Gasteiger partial charge in [0, 0.05) is 0 Å². The van der Waals surface area contributed by atoms with E-state index in [-0.39, 0.29) is 24.2 Å². The van der Waals surface area contributed by atoms with Crippen molar-refractivity contribution in [1.29, 1.82) is 0 Å². The molecule has 0 aliphatic heterocycles. The van der Waals surface area contributed by atoms with Crippen molar-refractivity contribution >= 4 is 17.6 Å². The first-order valence-electron chi connectivity index (χ1n) is 5.79. The molecule has 0 saturated heterocycles. The van der Waals surface area contributed by atoms with Gasteiger partial charge >= 0.3 is 5.97 Å². The lowest BCUT2D eigenvalue weighted by Gasteiger charge is -2.06. The van der Waals surface area contributed by atoms with Crippen LogP contribution in [-0.4, -0.2) is 18.5 Å². The molecule has 0 aromatic heterocycles. The zero-order chi connectivity index (χ0) is 13.1. The average molecular weight is 251 g/mol. The Kier molecular flexibility index (Phi) is 3.60. The standard InChI is InChI=1S/C13H14FNO3/c1-8-6-9(8)13(17)18-7-12(16)15-11-5-3-2-4-10(11)14/h2-5,8-9H,6-7H2,1H3,(H,15,16). The highest BCUT2D eigenvalue weighted by Crippen LogP contribution is 2.38. The van der Waals surface area contributed by atoms with Crippen LogP contribution in [0.2, 0.25) is 0 Å². The molecule has 0 bridgehead atoms. The maximum atomic E-state index is 13.2. The summed E-state index contributed by atoms with van der Waals surface area (Å²) in [6.07, 6.45) is 0.813. The molecule has 1 aromatic carbocycles. The number of halogens is 1. The molecule has 5 heteroatoms. The third-order valence-electron chi connectivity index (χ3n) is 2.91. The molecule has 1 aromatic rings. The minimum atomic E-state index is -0.540. The number of anilines is 1. The second-order valence-corrected chi connectivity index (χ2v) is 4.46. The van der Waals surface area contributed by atoms with Crippen molar-refractivity contribution in [2.45, 2.75) is 13.3 Å². The molecule has 1 N–H and O–H groups in total. The minimum absolute atomic E-state index is 0.0775. The molecule has 1 aliphatic carbocycles. The van der Waals surface area contributed by atoms with Gasteiger partial charge in [0.05, 0.1) is 11.6 Å². The highest BCUT2D eigenvalue weighted by atomic mass is 19.1. The normalized spacial score (nSPS) is 21.2. The molecular weight excluding hydrogens is 237 g/mol. The molecule has 2 unspecified atom stereocenters. The molecule has 2 atom stereocenters. The number of ether oxygens (including phenoxy) is 1. The van der Waals surface area contributed by atoms with Gasteiger partial charge in [-0.1, -0.05) is 19.1 Å². The van der Waals surface area contributed by atoms with E-state index in [0.717, 1.165) is 6.42 Å². The second kappa shape index (κ2) is 5.16. The number of carbonyl (C=O) groups is 2. The summed E-state index contributed by atoms with van der Waals surface area (Å²) in [5, 5.41) is 2.34. The molecule has 1 saturated carbocycles. The van der Waals surface area contributed by atoms with Crippen molar-refractivity contribution in [2.75, 3.05) is 11.9 Å². The number of rotatable bonds is 4. The van der Waals surface area contributed by atoms with E-state index in [4.69, 9.17) is 4.74 Å². The highest BCUT2D eigenvalue weighted by molar-refractivity contribution is 5.93. The summed E-state index contributed by atoms with van der Waals surface area (Å²) in [6, 6.07) is 5.82. The number of esters is 1. The van der Waals surface area contributed by atoms with Crippen LogP contribution in [0.3, 0.4) is 0 Å². The van der Waals surface area contributed by atoms with Crippen LogP contribution in [0.25, 0.3) is 0 Å². The number of carbonyl (C=O) groups excluding carboxylic acids is 2. The first-order valence-corrected chi connectivity index (χ1v) is 5.79. The topological polar surface area (TPSA) is 55.4 Å². The lowest BCUT2D eigenvalue weighted by Crippen LogP contribution is -2.22. The van der Waals surface area contributed by atoms with Gasteiger partial charge < -0.3 is 10.1 Å². The van der Waals surface area contributed by atoms with Crippen molar-refractivity contribution in [3.8, 4) is 0 Å². The maximum absolute atomic E-state index is 13.2. The molecule has 4 nitrogen and oxygen atoms in total. The van der Waals surface area contributed by atoms with E-state index in [2.05, 4.69) is 5.32 Å². The molecule has 0 radical (unpaired) electrons. The fourth-order valence-electron chi connectivity index (χ4n) is 1.64. The molecule has 96 valence electrons. The van der Waals surface area contributed by atoms with Crippen LogP contribution < -0.4 is 5.32 Å². The van der Waals surface area contributed by atoms with Crippen LogP contribution in [-0.2, 0) is 14.3 Å². The summed E-state index contributed by atoms with van der Waals surface area (Å²) >= 11 is 0. The van der Waals surface area contributed by atoms with E-state index in [1.165, 1.54) is 18.2 Å². The van der Waals surface area contributed by atoms with Crippen LogP contribution in [0.5, 0.6) is 0 Å². The summed E-state index contributed by atoms with van der Waals surface area (Å²) < 4.78 is 18.1. The first-order chi connectivity index (χ1) is 8.58. The van der Waals surface area contributed by atoms with Gasteiger partial charge in [-0.2, -0.15) is 0 Å². The monoisotopic (exact) mass is 251 g/mol. The summed E-state index contributed by atoms with van der Waals surface area (Å²) in [7, 11) is 0. The van der Waals surface area contributed by atoms with Gasteiger partial charge in [0.15, 0.2) is 6.61 Å². The molecule has 1 amide bonds. The van der Waals surface area contributed by atoms with Gasteiger partial charge in [-0.05, 0) is 24.5 Å². The van der Waals surface area contributed by atoms with E-state index in [1.54, 1.807) is 6.07 Å². The fraction of sp³-hybridized carbons (Fsp3) is 0.385. The summed E-state index contributed by atoms with van der Waals surface area (Å²) in [5.41, 5.74) is 0.0818. The molecule has 0 spiro atoms. The van der Waals surface area contributed by atoms with E-state index >= 15 is 0 Å². The lowest BCUT2D eigenvalue weighted by molar-refractivity contribution is -0.148. The van der Waals surface area contributed by atoms with Crippen molar-refractivity contribution in [2.24, 2.45) is 11.8 Å². The van der Waals surface area contributed by atoms with Crippen molar-refractivity contribution < 1.29 is 18.7 Å². The highest BCUT2D eigenvalue weighted by Gasteiger charge is 2.40. The maximum Gasteiger partial charge on any atom is 0.309 e. The third kappa shape index (κ3) is 3.06. The van der Waals surface area contributed by atoms with Gasteiger partial charge in [-0.25, -0.2) is 4.39 Å². The Bertz CT molecular complexity index is 475. The Morgan fingerprint density at radius 2 is 2.11 bits per heavy atom. The Hall–Kier alpha value is -1.91. The third-order valence-corrected chi connectivity index (χ3v) is 2.91. The van der Waals surface area contributed by atoms with E-state index in [1.807, 2.05) is 6.92 Å². The van der Waals surface area contributed by atoms with Crippen molar-refractivity contribution in [3.05, 3.63) is 30.1 Å². The summed E-state index contributed by atoms with van der Waals surface area (Å²) in [4.78, 5) is 22.8. The first kappa shape index (κ1) is 12.5. The van der Waals surface area contributed by atoms with Gasteiger partial charge in [0.2, 0.25) is 0 Å². The van der Waals surface area contributed by atoms with Crippen LogP contribution in [0.15, 0.2) is 24.3 Å². The SMILES string of the molecule is CC1CC1C(=O)OCC(=O)Nc1ccccc1F. The van der Waals surface area contributed by atoms with Crippen LogP contribution in [0, 0.1) is 17.7 Å². The van der Waals surface area contributed by atoms with Gasteiger partial charge in [0.25, 0.3) is 5.91 Å². The summed E-state index contributed by atoms with van der Waals surface area (Å²) in [6.45, 7) is 1.57. The lowest BCUT2D eigenvalue weighted by atomic mass is 10.3. The van der Waals surface area contributed by atoms with Gasteiger partial charge in [-0.15, -0.1) is 0 Å². The molecule has 2 rings (SSSR count). The predicted octanol–water partition coefficient (Wildman–Crippen LogP) is 1.96. The molecule has 0 heterocycles. The Balaban J connectivity index is 1.79. The molecule has 1 fully saturated rings. The van der Waals surface area contributed by atoms with Crippen LogP contribution in [0.1, 0.15) is 13.3 Å². The summed E-state index contributed by atoms with van der Waals surface area (Å²) in [5.74, 6) is -1.15. The Morgan fingerprint density at radius 1 is 1.44 bits per heavy atom. The van der Waals surface area contributed by atoms with E-state index < -0.39 is 11.7 Å². The number of hydrogen-bond donors (Lipinski definition) is 1. The van der Waals surface area contributed by atoms with E-state index in [0.29, 0.717) is 5.92 Å². The number of nitrogens with one attached hydrogen (secondary N) is 1. The smallest absolute Gasteiger partial charge is 0.309 e. The zero-order valence-electron chi connectivity index (χ0n) is 9.98. The number of benzene rings is 1.